The van der Waals surface area contributed by atoms with Crippen LogP contribution in [0.1, 0.15) is 22.7 Å². The van der Waals surface area contributed by atoms with Gasteiger partial charge in [-0.05, 0) is 41.0 Å². The van der Waals surface area contributed by atoms with Crippen LogP contribution in [0.5, 0.6) is 0 Å². The van der Waals surface area contributed by atoms with Crippen LogP contribution in [0.25, 0.3) is 0 Å². The molecule has 0 heterocycles. The van der Waals surface area contributed by atoms with Gasteiger partial charge in [0.15, 0.2) is 0 Å². The Morgan fingerprint density at radius 1 is 0.857 bits per heavy atom. The summed E-state index contributed by atoms with van der Waals surface area (Å²) in [5.41, 5.74) is 2.49. The molecule has 1 atom stereocenters. The third kappa shape index (κ3) is 8.56. The fourth-order valence-electron chi connectivity index (χ4n) is 3.37. The molecule has 4 N–H and O–H groups in total. The number of benzene rings is 3. The van der Waals surface area contributed by atoms with Gasteiger partial charge >= 0.3 is 6.09 Å². The fraction of sp³-hybridized carbons (Fsp3) is 0.231. The van der Waals surface area contributed by atoms with Crippen molar-refractivity contribution < 1.29 is 19.4 Å². The number of alkyl carbamates (subject to hydrolysis) is 1. The Kier molecular flexibility index (Phi) is 10.4. The van der Waals surface area contributed by atoms with Crippen molar-refractivity contribution in [3.63, 3.8) is 0 Å². The Balaban J connectivity index is 1.68. The molecule has 0 aromatic heterocycles. The van der Waals surface area contributed by atoms with E-state index in [1.165, 1.54) is 0 Å². The summed E-state index contributed by atoms with van der Waals surface area (Å²) in [5.74, 6) is -0.364. The lowest BCUT2D eigenvalue weighted by Gasteiger charge is -2.24. The molecule has 9 heteroatoms. The highest BCUT2D eigenvalue weighted by atomic mass is 35.5. The lowest BCUT2D eigenvalue weighted by atomic mass is 9.98. The number of carbonyl (C=O) groups is 2. The second kappa shape index (κ2) is 13.7. The zero-order valence-corrected chi connectivity index (χ0v) is 20.4. The minimum Gasteiger partial charge on any atom is -0.445 e. The fourth-order valence-corrected chi connectivity index (χ4v) is 3.62. The minimum atomic E-state index is -0.812. The Bertz CT molecular complexity index is 1030. The number of carbonyl (C=O) groups excluding carboxylic acids is 2. The molecule has 0 aliphatic carbocycles. The number of amides is 2. The lowest BCUT2D eigenvalue weighted by Crippen LogP contribution is -2.52. The summed E-state index contributed by atoms with van der Waals surface area (Å²) in [6.07, 6.45) is -0.649. The molecule has 2 amide bonds. The number of hydrogen-bond acceptors (Lipinski definition) is 5. The highest BCUT2D eigenvalue weighted by Gasteiger charge is 2.24. The maximum atomic E-state index is 13.2. The third-order valence-corrected chi connectivity index (χ3v) is 5.68. The minimum absolute atomic E-state index is 0.0343. The van der Waals surface area contributed by atoms with Gasteiger partial charge in [0.05, 0.1) is 12.6 Å². The van der Waals surface area contributed by atoms with E-state index < -0.39 is 18.2 Å². The normalized spacial score (nSPS) is 11.7. The van der Waals surface area contributed by atoms with Crippen molar-refractivity contribution in [1.82, 2.24) is 16.0 Å². The predicted molar refractivity (Wildman–Crippen MR) is 136 cm³/mol. The van der Waals surface area contributed by atoms with E-state index in [9.17, 15) is 14.7 Å². The first kappa shape index (κ1) is 26.5. The molecule has 184 valence electrons. The molecule has 3 aromatic rings. The molecule has 0 bridgehead atoms. The van der Waals surface area contributed by atoms with E-state index in [2.05, 4.69) is 16.0 Å². The standard InChI is InChI=1S/C26H27Cl2N3O4/c27-21-10-6-19(7-11-21)24(20-8-12-22(28)13-9-20)31-25(33)23(29-14-15-32)16-30-26(34)35-17-18-4-2-1-3-5-18/h1-13,23-24,29,32H,14-17H2,(H,30,34)(H,31,33). The van der Waals surface area contributed by atoms with Crippen molar-refractivity contribution in [2.24, 2.45) is 0 Å². The van der Waals surface area contributed by atoms with E-state index in [1.807, 2.05) is 54.6 Å². The molecule has 0 spiro atoms. The molecule has 35 heavy (non-hydrogen) atoms. The van der Waals surface area contributed by atoms with E-state index >= 15 is 0 Å². The zero-order chi connectivity index (χ0) is 25.0. The van der Waals surface area contributed by atoms with E-state index in [-0.39, 0.29) is 32.2 Å². The highest BCUT2D eigenvalue weighted by Crippen LogP contribution is 2.25. The molecule has 0 radical (unpaired) electrons. The van der Waals surface area contributed by atoms with Gasteiger partial charge in [0.1, 0.15) is 12.6 Å². The van der Waals surface area contributed by atoms with Gasteiger partial charge in [0.2, 0.25) is 5.91 Å². The first-order chi connectivity index (χ1) is 17.0. The van der Waals surface area contributed by atoms with Crippen molar-refractivity contribution in [2.75, 3.05) is 19.7 Å². The smallest absolute Gasteiger partial charge is 0.407 e. The van der Waals surface area contributed by atoms with Crippen molar-refractivity contribution in [2.45, 2.75) is 18.7 Å². The molecule has 0 fully saturated rings. The maximum Gasteiger partial charge on any atom is 0.407 e. The van der Waals surface area contributed by atoms with Gasteiger partial charge < -0.3 is 25.8 Å². The van der Waals surface area contributed by atoms with Crippen LogP contribution in [0.2, 0.25) is 10.0 Å². The number of ether oxygens (including phenoxy) is 1. The number of rotatable bonds is 11. The van der Waals surface area contributed by atoms with Gasteiger partial charge in [-0.3, -0.25) is 4.79 Å². The van der Waals surface area contributed by atoms with Crippen LogP contribution in [-0.4, -0.2) is 42.8 Å². The second-order valence-electron chi connectivity index (χ2n) is 7.72. The van der Waals surface area contributed by atoms with E-state index in [0.717, 1.165) is 16.7 Å². The van der Waals surface area contributed by atoms with E-state index in [4.69, 9.17) is 27.9 Å². The molecule has 0 saturated heterocycles. The number of nitrogens with one attached hydrogen (secondary N) is 3. The summed E-state index contributed by atoms with van der Waals surface area (Å²) < 4.78 is 5.22. The summed E-state index contributed by atoms with van der Waals surface area (Å²) >= 11 is 12.1. The molecular formula is C26H27Cl2N3O4. The van der Waals surface area contributed by atoms with Gasteiger partial charge in [-0.15, -0.1) is 0 Å². The Labute approximate surface area is 214 Å². The summed E-state index contributed by atoms with van der Waals surface area (Å²) in [6, 6.07) is 22.3. The maximum absolute atomic E-state index is 13.2. The van der Waals surface area contributed by atoms with Gasteiger partial charge in [-0.1, -0.05) is 77.8 Å². The Morgan fingerprint density at radius 3 is 1.97 bits per heavy atom. The number of hydrogen-bond donors (Lipinski definition) is 4. The second-order valence-corrected chi connectivity index (χ2v) is 8.59. The van der Waals surface area contributed by atoms with Gasteiger partial charge in [-0.2, -0.15) is 0 Å². The van der Waals surface area contributed by atoms with Crippen LogP contribution < -0.4 is 16.0 Å². The van der Waals surface area contributed by atoms with Crippen LogP contribution in [0.15, 0.2) is 78.9 Å². The Hall–Kier alpha value is -3.10. The van der Waals surface area contributed by atoms with Gasteiger partial charge in [0.25, 0.3) is 0 Å². The van der Waals surface area contributed by atoms with Gasteiger partial charge in [0, 0.05) is 23.1 Å². The predicted octanol–water partition coefficient (Wildman–Crippen LogP) is 4.08. The molecule has 0 aliphatic rings. The largest absolute Gasteiger partial charge is 0.445 e. The monoisotopic (exact) mass is 515 g/mol. The number of halogens is 2. The average Bonchev–Trinajstić information content (AvgIpc) is 2.88. The number of aliphatic hydroxyl groups excluding tert-OH is 1. The van der Waals surface area contributed by atoms with Gasteiger partial charge in [-0.25, -0.2) is 4.79 Å². The van der Waals surface area contributed by atoms with Crippen molar-refractivity contribution in [1.29, 1.82) is 0 Å². The highest BCUT2D eigenvalue weighted by molar-refractivity contribution is 6.30. The SMILES string of the molecule is O=C(NCC(NCCO)C(=O)NC(c1ccc(Cl)cc1)c1ccc(Cl)cc1)OCc1ccccc1. The topological polar surface area (TPSA) is 99.7 Å². The average molecular weight is 516 g/mol. The quantitative estimate of drug-likeness (QED) is 0.308. The van der Waals surface area contributed by atoms with Crippen LogP contribution in [0, 0.1) is 0 Å². The molecule has 0 aliphatic heterocycles. The Morgan fingerprint density at radius 2 is 1.43 bits per heavy atom. The molecular weight excluding hydrogens is 489 g/mol. The molecule has 7 nitrogen and oxygen atoms in total. The van der Waals surface area contributed by atoms with Crippen molar-refractivity contribution >= 4 is 35.2 Å². The van der Waals surface area contributed by atoms with Crippen molar-refractivity contribution in [3.05, 3.63) is 106 Å². The van der Waals surface area contributed by atoms with Crippen LogP contribution in [-0.2, 0) is 16.1 Å². The summed E-state index contributed by atoms with van der Waals surface area (Å²) in [7, 11) is 0. The first-order valence-corrected chi connectivity index (χ1v) is 11.8. The third-order valence-electron chi connectivity index (χ3n) is 5.18. The van der Waals surface area contributed by atoms with Crippen LogP contribution in [0.4, 0.5) is 4.79 Å². The molecule has 3 aromatic carbocycles. The summed E-state index contributed by atoms with van der Waals surface area (Å²) in [6.45, 7) is 0.0850. The summed E-state index contributed by atoms with van der Waals surface area (Å²) in [5, 5.41) is 19.0. The summed E-state index contributed by atoms with van der Waals surface area (Å²) in [4.78, 5) is 25.4. The molecule has 1 unspecified atom stereocenters. The lowest BCUT2D eigenvalue weighted by molar-refractivity contribution is -0.123. The number of aliphatic hydroxyl groups is 1. The molecule has 0 saturated carbocycles. The van der Waals surface area contributed by atoms with E-state index in [0.29, 0.717) is 10.0 Å². The van der Waals surface area contributed by atoms with E-state index in [1.54, 1.807) is 24.3 Å². The molecule has 3 rings (SSSR count). The zero-order valence-electron chi connectivity index (χ0n) is 18.9. The van der Waals surface area contributed by atoms with Crippen LogP contribution in [0.3, 0.4) is 0 Å². The van der Waals surface area contributed by atoms with Crippen molar-refractivity contribution in [3.8, 4) is 0 Å². The first-order valence-electron chi connectivity index (χ1n) is 11.1. The van der Waals surface area contributed by atoms with Crippen LogP contribution >= 0.6 is 23.2 Å².